The average molecular weight is 751 g/mol. The number of aromatic nitrogens is 4. The summed E-state index contributed by atoms with van der Waals surface area (Å²) in [4.78, 5) is 20.0. The van der Waals surface area contributed by atoms with Gasteiger partial charge in [-0.1, -0.05) is 127 Å². The molecule has 0 radical (unpaired) electrons. The summed E-state index contributed by atoms with van der Waals surface area (Å²) in [6.07, 6.45) is 3.64. The summed E-state index contributed by atoms with van der Waals surface area (Å²) in [5.41, 5.74) is 9.50. The smallest absolute Gasteiger partial charge is 0.164 e. The molecule has 11 aromatic rings. The van der Waals surface area contributed by atoms with Crippen molar-refractivity contribution < 1.29 is 0 Å². The molecule has 0 unspecified atom stereocenters. The summed E-state index contributed by atoms with van der Waals surface area (Å²) < 4.78 is 5.10. The van der Waals surface area contributed by atoms with Gasteiger partial charge in [0.1, 0.15) is 0 Å². The maximum atomic E-state index is 5.32. The number of nitrogens with zero attached hydrogens (tertiary/aromatic N) is 4. The number of thiophene rings is 2. The van der Waals surface area contributed by atoms with Crippen LogP contribution in [0.1, 0.15) is 0 Å². The second-order valence-corrected chi connectivity index (χ2v) is 15.9. The zero-order chi connectivity index (χ0) is 37.0. The molecule has 0 aliphatic heterocycles. The molecule has 0 amide bonds. The second-order valence-electron chi connectivity index (χ2n) is 13.8. The molecule has 0 aliphatic rings. The molecule has 0 saturated heterocycles. The standard InChI is InChI=1S/C50H30N4S2/c1-2-12-32(13-3-1)48-52-49(54-50(53-48)43-17-5-4-14-36(43)31-24-26-51-27-25-31)35-29-33(37-18-10-20-41-39-15-6-8-22-44(39)55-46(37)41)28-34(30-35)38-19-11-21-42-40-16-7-9-23-45(40)56-47(38)42/h1-30H. The molecule has 0 fully saturated rings. The maximum Gasteiger partial charge on any atom is 0.164 e. The van der Waals surface area contributed by atoms with Crippen molar-refractivity contribution in [2.75, 3.05) is 0 Å². The largest absolute Gasteiger partial charge is 0.265 e. The van der Waals surface area contributed by atoms with Crippen LogP contribution in [0, 0.1) is 0 Å². The van der Waals surface area contributed by atoms with Gasteiger partial charge in [-0.3, -0.25) is 4.98 Å². The molecule has 56 heavy (non-hydrogen) atoms. The maximum absolute atomic E-state index is 5.32. The summed E-state index contributed by atoms with van der Waals surface area (Å²) in [5.74, 6) is 1.86. The zero-order valence-corrected chi connectivity index (χ0v) is 31.6. The van der Waals surface area contributed by atoms with Crippen LogP contribution in [0.4, 0.5) is 0 Å². The van der Waals surface area contributed by atoms with Gasteiger partial charge in [0.25, 0.3) is 0 Å². The second kappa shape index (κ2) is 13.5. The lowest BCUT2D eigenvalue weighted by molar-refractivity contribution is 1.07. The van der Waals surface area contributed by atoms with Crippen molar-refractivity contribution in [1.29, 1.82) is 0 Å². The van der Waals surface area contributed by atoms with Crippen LogP contribution >= 0.6 is 22.7 Å². The lowest BCUT2D eigenvalue weighted by Crippen LogP contribution is -2.01. The van der Waals surface area contributed by atoms with Gasteiger partial charge in [0, 0.05) is 69.4 Å². The highest BCUT2D eigenvalue weighted by molar-refractivity contribution is 7.26. The van der Waals surface area contributed by atoms with E-state index in [0.29, 0.717) is 17.5 Å². The molecule has 6 heteroatoms. The minimum absolute atomic E-state index is 0.617. The van der Waals surface area contributed by atoms with Gasteiger partial charge in [0.05, 0.1) is 0 Å². The molecule has 0 atom stereocenters. The predicted octanol–water partition coefficient (Wildman–Crippen LogP) is 14.0. The first kappa shape index (κ1) is 32.6. The molecule has 7 aromatic carbocycles. The van der Waals surface area contributed by atoms with E-state index in [1.165, 1.54) is 51.5 Å². The van der Waals surface area contributed by atoms with Crippen molar-refractivity contribution in [1.82, 2.24) is 19.9 Å². The van der Waals surface area contributed by atoms with Gasteiger partial charge < -0.3 is 0 Å². The number of rotatable bonds is 6. The summed E-state index contributed by atoms with van der Waals surface area (Å²) in [6, 6.07) is 60.1. The molecule has 0 spiro atoms. The Morgan fingerprint density at radius 1 is 0.304 bits per heavy atom. The quantitative estimate of drug-likeness (QED) is 0.170. The van der Waals surface area contributed by atoms with E-state index in [4.69, 9.17) is 15.0 Å². The Hall–Kier alpha value is -6.86. The molecule has 0 N–H and O–H groups in total. The van der Waals surface area contributed by atoms with Crippen LogP contribution in [0.2, 0.25) is 0 Å². The Labute approximate surface area is 331 Å². The highest BCUT2D eigenvalue weighted by atomic mass is 32.1. The van der Waals surface area contributed by atoms with Crippen molar-refractivity contribution in [2.24, 2.45) is 0 Å². The van der Waals surface area contributed by atoms with Gasteiger partial charge in [-0.25, -0.2) is 15.0 Å². The normalized spacial score (nSPS) is 11.6. The van der Waals surface area contributed by atoms with E-state index in [9.17, 15) is 0 Å². The molecule has 0 saturated carbocycles. The van der Waals surface area contributed by atoms with E-state index >= 15 is 0 Å². The van der Waals surface area contributed by atoms with E-state index < -0.39 is 0 Å². The molecular weight excluding hydrogens is 721 g/mol. The Morgan fingerprint density at radius 2 is 0.768 bits per heavy atom. The molecule has 0 aliphatic carbocycles. The van der Waals surface area contributed by atoms with Crippen LogP contribution in [0.3, 0.4) is 0 Å². The monoisotopic (exact) mass is 750 g/mol. The summed E-state index contributed by atoms with van der Waals surface area (Å²) in [5, 5.41) is 5.10. The van der Waals surface area contributed by atoms with Crippen molar-refractivity contribution in [3.63, 3.8) is 0 Å². The minimum atomic E-state index is 0.617. The van der Waals surface area contributed by atoms with Crippen LogP contribution in [0.15, 0.2) is 182 Å². The fourth-order valence-corrected chi connectivity index (χ4v) is 10.3. The number of benzene rings is 7. The summed E-state index contributed by atoms with van der Waals surface area (Å²) in [6.45, 7) is 0. The van der Waals surface area contributed by atoms with Gasteiger partial charge in [0.2, 0.25) is 0 Å². The first-order valence-corrected chi connectivity index (χ1v) is 20.2. The van der Waals surface area contributed by atoms with Crippen molar-refractivity contribution in [3.8, 4) is 67.5 Å². The zero-order valence-electron chi connectivity index (χ0n) is 29.9. The van der Waals surface area contributed by atoms with Crippen LogP contribution in [0.5, 0.6) is 0 Å². The van der Waals surface area contributed by atoms with Crippen LogP contribution in [-0.2, 0) is 0 Å². The average Bonchev–Trinajstić information content (AvgIpc) is 3.85. The van der Waals surface area contributed by atoms with Gasteiger partial charge in [-0.05, 0) is 75.8 Å². The van der Waals surface area contributed by atoms with E-state index in [1.807, 2.05) is 71.5 Å². The minimum Gasteiger partial charge on any atom is -0.265 e. The van der Waals surface area contributed by atoms with E-state index in [0.717, 1.165) is 38.9 Å². The Bertz CT molecular complexity index is 3130. The number of fused-ring (bicyclic) bond motifs is 6. The highest BCUT2D eigenvalue weighted by Gasteiger charge is 2.19. The Balaban J connectivity index is 1.19. The molecule has 4 aromatic heterocycles. The number of pyridine rings is 1. The van der Waals surface area contributed by atoms with Crippen LogP contribution in [0.25, 0.3) is 108 Å². The molecule has 4 nitrogen and oxygen atoms in total. The summed E-state index contributed by atoms with van der Waals surface area (Å²) >= 11 is 3.69. The number of hydrogen-bond acceptors (Lipinski definition) is 6. The Kier molecular flexibility index (Phi) is 7.83. The lowest BCUT2D eigenvalue weighted by atomic mass is 9.94. The molecule has 11 rings (SSSR count). The van der Waals surface area contributed by atoms with Gasteiger partial charge in [-0.2, -0.15) is 0 Å². The first-order valence-electron chi connectivity index (χ1n) is 18.5. The number of hydrogen-bond donors (Lipinski definition) is 0. The third-order valence-electron chi connectivity index (χ3n) is 10.4. The predicted molar refractivity (Wildman–Crippen MR) is 236 cm³/mol. The Morgan fingerprint density at radius 3 is 1.39 bits per heavy atom. The first-order chi connectivity index (χ1) is 27.7. The highest BCUT2D eigenvalue weighted by Crippen LogP contribution is 2.45. The third kappa shape index (κ3) is 5.58. The van der Waals surface area contributed by atoms with E-state index in [2.05, 4.69) is 138 Å². The summed E-state index contributed by atoms with van der Waals surface area (Å²) in [7, 11) is 0. The molecule has 0 bridgehead atoms. The van der Waals surface area contributed by atoms with E-state index in [1.54, 1.807) is 0 Å². The molecular formula is C50H30N4S2. The van der Waals surface area contributed by atoms with Crippen molar-refractivity contribution >= 4 is 63.0 Å². The van der Waals surface area contributed by atoms with Crippen molar-refractivity contribution in [3.05, 3.63) is 182 Å². The fraction of sp³-hybridized carbons (Fsp3) is 0. The van der Waals surface area contributed by atoms with E-state index in [-0.39, 0.29) is 0 Å². The topological polar surface area (TPSA) is 51.6 Å². The lowest BCUT2D eigenvalue weighted by Gasteiger charge is -2.14. The third-order valence-corrected chi connectivity index (χ3v) is 12.9. The van der Waals surface area contributed by atoms with Gasteiger partial charge in [0.15, 0.2) is 17.5 Å². The SMILES string of the molecule is c1ccc(-c2nc(-c3cc(-c4cccc5c4sc4ccccc45)cc(-c4cccc5c4sc4ccccc45)c3)nc(-c3ccccc3-c3ccncc3)n2)cc1. The van der Waals surface area contributed by atoms with Gasteiger partial charge in [-0.15, -0.1) is 22.7 Å². The molecule has 262 valence electrons. The van der Waals surface area contributed by atoms with Crippen molar-refractivity contribution in [2.45, 2.75) is 0 Å². The molecule has 4 heterocycles. The van der Waals surface area contributed by atoms with Crippen LogP contribution in [-0.4, -0.2) is 19.9 Å². The van der Waals surface area contributed by atoms with Gasteiger partial charge >= 0.3 is 0 Å². The fourth-order valence-electron chi connectivity index (χ4n) is 7.82. The van der Waals surface area contributed by atoms with Crippen LogP contribution < -0.4 is 0 Å².